The van der Waals surface area contributed by atoms with Gasteiger partial charge in [0.25, 0.3) is 0 Å². The maximum atomic E-state index is 13.6. The van der Waals surface area contributed by atoms with Crippen LogP contribution in [0.25, 0.3) is 0 Å². The van der Waals surface area contributed by atoms with E-state index < -0.39 is 24.4 Å². The van der Waals surface area contributed by atoms with Crippen LogP contribution in [0.4, 0.5) is 29.3 Å². The molecule has 138 valence electrons. The molecular formula is C17H16F3N3O3. The third-order valence-electron chi connectivity index (χ3n) is 3.16. The number of carbonyl (C=O) groups is 2. The maximum absolute atomic E-state index is 13.6. The fraction of sp³-hybridized carbons (Fsp3) is 0.176. The summed E-state index contributed by atoms with van der Waals surface area (Å²) in [6, 6.07) is 9.06. The molecule has 0 bridgehead atoms. The second-order valence-corrected chi connectivity index (χ2v) is 5.17. The van der Waals surface area contributed by atoms with Crippen molar-refractivity contribution < 1.29 is 27.5 Å². The van der Waals surface area contributed by atoms with Gasteiger partial charge in [-0.2, -0.15) is 8.78 Å². The highest BCUT2D eigenvalue weighted by atomic mass is 19.3. The van der Waals surface area contributed by atoms with Crippen molar-refractivity contribution in [1.82, 2.24) is 5.32 Å². The minimum Gasteiger partial charge on any atom is -0.434 e. The van der Waals surface area contributed by atoms with Crippen LogP contribution in [0.2, 0.25) is 0 Å². The van der Waals surface area contributed by atoms with E-state index in [1.54, 1.807) is 6.07 Å². The Hall–Kier alpha value is -3.23. The van der Waals surface area contributed by atoms with E-state index in [1.165, 1.54) is 37.3 Å². The lowest BCUT2D eigenvalue weighted by Crippen LogP contribution is -2.28. The van der Waals surface area contributed by atoms with Crippen LogP contribution in [-0.4, -0.2) is 18.5 Å². The summed E-state index contributed by atoms with van der Waals surface area (Å²) in [5.74, 6) is -1.15. The maximum Gasteiger partial charge on any atom is 0.387 e. The zero-order valence-electron chi connectivity index (χ0n) is 13.7. The van der Waals surface area contributed by atoms with Crippen molar-refractivity contribution in [3.05, 3.63) is 53.8 Å². The van der Waals surface area contributed by atoms with Crippen LogP contribution in [-0.2, 0) is 11.3 Å². The first-order chi connectivity index (χ1) is 12.3. The number of amides is 3. The summed E-state index contributed by atoms with van der Waals surface area (Å²) in [7, 11) is 0. The second kappa shape index (κ2) is 8.75. The first-order valence-corrected chi connectivity index (χ1v) is 7.50. The molecule has 0 saturated heterocycles. The molecule has 0 saturated carbocycles. The second-order valence-electron chi connectivity index (χ2n) is 5.17. The predicted molar refractivity (Wildman–Crippen MR) is 89.6 cm³/mol. The highest BCUT2D eigenvalue weighted by molar-refractivity contribution is 5.92. The van der Waals surface area contributed by atoms with Crippen molar-refractivity contribution in [3.63, 3.8) is 0 Å². The summed E-state index contributed by atoms with van der Waals surface area (Å²) >= 11 is 0. The summed E-state index contributed by atoms with van der Waals surface area (Å²) < 4.78 is 42.7. The molecule has 0 heterocycles. The lowest BCUT2D eigenvalue weighted by molar-refractivity contribution is -0.114. The van der Waals surface area contributed by atoms with Crippen LogP contribution >= 0.6 is 0 Å². The van der Waals surface area contributed by atoms with Crippen LogP contribution in [0.15, 0.2) is 42.5 Å². The van der Waals surface area contributed by atoms with E-state index in [2.05, 4.69) is 20.7 Å². The average Bonchev–Trinajstić information content (AvgIpc) is 2.56. The van der Waals surface area contributed by atoms with Crippen LogP contribution in [0.5, 0.6) is 5.75 Å². The molecule has 2 rings (SSSR count). The van der Waals surface area contributed by atoms with Crippen LogP contribution in [0, 0.1) is 5.82 Å². The predicted octanol–water partition coefficient (Wildman–Crippen LogP) is 3.71. The Kier molecular flexibility index (Phi) is 6.42. The molecule has 0 fully saturated rings. The standard InChI is InChI=1S/C17H16F3N3O3/c1-10(24)22-14-8-12(6-7-13(14)18)23-17(25)21-9-11-4-2-3-5-15(11)26-16(19)20/h2-8,16H,9H2,1H3,(H,22,24)(H2,21,23,25). The van der Waals surface area contributed by atoms with Gasteiger partial charge < -0.3 is 20.7 Å². The van der Waals surface area contributed by atoms with Crippen molar-refractivity contribution in [1.29, 1.82) is 0 Å². The summed E-state index contributed by atoms with van der Waals surface area (Å²) in [6.07, 6.45) is 0. The molecule has 0 aliphatic heterocycles. The molecule has 3 amide bonds. The van der Waals surface area contributed by atoms with Gasteiger partial charge in [-0.15, -0.1) is 0 Å². The molecule has 0 aromatic heterocycles. The number of hydrogen-bond acceptors (Lipinski definition) is 3. The molecule has 3 N–H and O–H groups in total. The molecule has 0 unspecified atom stereocenters. The van der Waals surface area contributed by atoms with E-state index in [4.69, 9.17) is 0 Å². The molecule has 26 heavy (non-hydrogen) atoms. The van der Waals surface area contributed by atoms with Gasteiger partial charge in [0.05, 0.1) is 5.69 Å². The van der Waals surface area contributed by atoms with Gasteiger partial charge in [0.15, 0.2) is 0 Å². The normalized spacial score (nSPS) is 10.3. The number of nitrogens with one attached hydrogen (secondary N) is 3. The quantitative estimate of drug-likeness (QED) is 0.728. The van der Waals surface area contributed by atoms with Gasteiger partial charge >= 0.3 is 12.6 Å². The topological polar surface area (TPSA) is 79.5 Å². The third kappa shape index (κ3) is 5.69. The molecule has 0 spiro atoms. The number of anilines is 2. The van der Waals surface area contributed by atoms with Crippen molar-refractivity contribution in [3.8, 4) is 5.75 Å². The number of carbonyl (C=O) groups excluding carboxylic acids is 2. The van der Waals surface area contributed by atoms with Gasteiger partial charge in [-0.1, -0.05) is 18.2 Å². The highest BCUT2D eigenvalue weighted by Crippen LogP contribution is 2.21. The number of benzene rings is 2. The Morgan fingerprint density at radius 1 is 1.12 bits per heavy atom. The molecule has 6 nitrogen and oxygen atoms in total. The summed E-state index contributed by atoms with van der Waals surface area (Å²) in [5.41, 5.74) is 0.525. The van der Waals surface area contributed by atoms with Crippen LogP contribution in [0.3, 0.4) is 0 Å². The number of para-hydroxylation sites is 1. The van der Waals surface area contributed by atoms with Crippen molar-refractivity contribution >= 4 is 23.3 Å². The molecule has 2 aromatic rings. The van der Waals surface area contributed by atoms with Gasteiger partial charge in [0, 0.05) is 24.7 Å². The zero-order chi connectivity index (χ0) is 19.1. The average molecular weight is 367 g/mol. The number of halogens is 3. The molecule has 2 aromatic carbocycles. The number of ether oxygens (including phenoxy) is 1. The van der Waals surface area contributed by atoms with Crippen LogP contribution < -0.4 is 20.7 Å². The Morgan fingerprint density at radius 3 is 2.54 bits per heavy atom. The lowest BCUT2D eigenvalue weighted by atomic mass is 10.2. The first kappa shape index (κ1) is 19.1. The molecule has 0 aliphatic rings. The smallest absolute Gasteiger partial charge is 0.387 e. The monoisotopic (exact) mass is 367 g/mol. The number of hydrogen-bond donors (Lipinski definition) is 3. The SMILES string of the molecule is CC(=O)Nc1cc(NC(=O)NCc2ccccc2OC(F)F)ccc1F. The van der Waals surface area contributed by atoms with E-state index >= 15 is 0 Å². The summed E-state index contributed by atoms with van der Waals surface area (Å²) in [6.45, 7) is -1.81. The van der Waals surface area contributed by atoms with Crippen molar-refractivity contribution in [2.45, 2.75) is 20.1 Å². The number of rotatable bonds is 6. The fourth-order valence-corrected chi connectivity index (χ4v) is 2.10. The van der Waals surface area contributed by atoms with E-state index in [1.807, 2.05) is 0 Å². The third-order valence-corrected chi connectivity index (χ3v) is 3.16. The first-order valence-electron chi connectivity index (χ1n) is 7.50. The molecular weight excluding hydrogens is 351 g/mol. The highest BCUT2D eigenvalue weighted by Gasteiger charge is 2.11. The van der Waals surface area contributed by atoms with Crippen molar-refractivity contribution in [2.24, 2.45) is 0 Å². The Labute approximate surface area is 147 Å². The van der Waals surface area contributed by atoms with E-state index in [9.17, 15) is 22.8 Å². The van der Waals surface area contributed by atoms with Gasteiger partial charge in [-0.05, 0) is 24.3 Å². The fourth-order valence-electron chi connectivity index (χ4n) is 2.10. The summed E-state index contributed by atoms with van der Waals surface area (Å²) in [4.78, 5) is 23.0. The van der Waals surface area contributed by atoms with E-state index in [0.29, 0.717) is 5.56 Å². The Bertz CT molecular complexity index is 800. The Balaban J connectivity index is 1.99. The zero-order valence-corrected chi connectivity index (χ0v) is 13.7. The number of alkyl halides is 2. The van der Waals surface area contributed by atoms with Gasteiger partial charge in [0.2, 0.25) is 5.91 Å². The molecule has 9 heteroatoms. The Morgan fingerprint density at radius 2 is 1.85 bits per heavy atom. The largest absolute Gasteiger partial charge is 0.434 e. The van der Waals surface area contributed by atoms with E-state index in [0.717, 1.165) is 6.07 Å². The van der Waals surface area contributed by atoms with Gasteiger partial charge in [-0.3, -0.25) is 4.79 Å². The van der Waals surface area contributed by atoms with E-state index in [-0.39, 0.29) is 23.7 Å². The number of urea groups is 1. The minimum absolute atomic E-state index is 0.0440. The molecule has 0 atom stereocenters. The van der Waals surface area contributed by atoms with Crippen LogP contribution in [0.1, 0.15) is 12.5 Å². The van der Waals surface area contributed by atoms with Gasteiger partial charge in [0.1, 0.15) is 11.6 Å². The molecule has 0 radical (unpaired) electrons. The van der Waals surface area contributed by atoms with Gasteiger partial charge in [-0.25, -0.2) is 9.18 Å². The summed E-state index contributed by atoms with van der Waals surface area (Å²) in [5, 5.41) is 7.23. The van der Waals surface area contributed by atoms with Crippen molar-refractivity contribution in [2.75, 3.05) is 10.6 Å². The minimum atomic E-state index is -2.98. The molecule has 0 aliphatic carbocycles. The lowest BCUT2D eigenvalue weighted by Gasteiger charge is -2.12.